The SMILES string of the molecule is CCN1CCC2(CC1)C(=O)N(C)c1ccc(F)cc12. The fraction of sp³-hybridized carbons (Fsp3) is 0.533. The number of benzene rings is 1. The normalized spacial score (nSPS) is 22.1. The zero-order valence-electron chi connectivity index (χ0n) is 11.4. The van der Waals surface area contributed by atoms with Crippen molar-refractivity contribution in [1.82, 2.24) is 4.90 Å². The Labute approximate surface area is 113 Å². The largest absolute Gasteiger partial charge is 0.314 e. The maximum Gasteiger partial charge on any atom is 0.237 e. The molecule has 2 aliphatic heterocycles. The van der Waals surface area contributed by atoms with Crippen LogP contribution in [0, 0.1) is 5.82 Å². The summed E-state index contributed by atoms with van der Waals surface area (Å²) in [7, 11) is 1.79. The van der Waals surface area contributed by atoms with Gasteiger partial charge in [-0.3, -0.25) is 4.79 Å². The number of likely N-dealkylation sites (N-methyl/N-ethyl adjacent to an activating group) is 1. The minimum absolute atomic E-state index is 0.129. The molecule has 102 valence electrons. The molecule has 0 aromatic heterocycles. The zero-order valence-corrected chi connectivity index (χ0v) is 11.4. The van der Waals surface area contributed by atoms with Crippen LogP contribution in [0.5, 0.6) is 0 Å². The van der Waals surface area contributed by atoms with Gasteiger partial charge in [0.2, 0.25) is 5.91 Å². The minimum atomic E-state index is -0.488. The van der Waals surface area contributed by atoms with E-state index in [2.05, 4.69) is 11.8 Å². The first-order chi connectivity index (χ1) is 9.08. The molecular weight excluding hydrogens is 243 g/mol. The molecule has 3 nitrogen and oxygen atoms in total. The van der Waals surface area contributed by atoms with Crippen molar-refractivity contribution in [3.8, 4) is 0 Å². The van der Waals surface area contributed by atoms with Crippen LogP contribution in [0.2, 0.25) is 0 Å². The second-order valence-electron chi connectivity index (χ2n) is 5.54. The van der Waals surface area contributed by atoms with Crippen molar-refractivity contribution in [2.45, 2.75) is 25.2 Å². The molecule has 0 N–H and O–H groups in total. The molecule has 1 fully saturated rings. The van der Waals surface area contributed by atoms with Crippen molar-refractivity contribution in [3.63, 3.8) is 0 Å². The molecule has 1 spiro atoms. The second-order valence-corrected chi connectivity index (χ2v) is 5.54. The summed E-state index contributed by atoms with van der Waals surface area (Å²) in [4.78, 5) is 16.7. The third-order valence-corrected chi connectivity index (χ3v) is 4.71. The van der Waals surface area contributed by atoms with E-state index in [4.69, 9.17) is 0 Å². The van der Waals surface area contributed by atoms with E-state index in [0.29, 0.717) is 0 Å². The average Bonchev–Trinajstić information content (AvgIpc) is 2.63. The quantitative estimate of drug-likeness (QED) is 0.774. The van der Waals surface area contributed by atoms with Gasteiger partial charge in [-0.25, -0.2) is 4.39 Å². The van der Waals surface area contributed by atoms with Crippen molar-refractivity contribution >= 4 is 11.6 Å². The number of amides is 1. The number of fused-ring (bicyclic) bond motifs is 2. The highest BCUT2D eigenvalue weighted by Gasteiger charge is 2.50. The Kier molecular flexibility index (Phi) is 2.86. The van der Waals surface area contributed by atoms with Crippen molar-refractivity contribution in [2.75, 3.05) is 31.6 Å². The lowest BCUT2D eigenvalue weighted by molar-refractivity contribution is -0.124. The molecule has 1 amide bonds. The van der Waals surface area contributed by atoms with Crippen LogP contribution in [-0.2, 0) is 10.2 Å². The van der Waals surface area contributed by atoms with Crippen molar-refractivity contribution in [2.24, 2.45) is 0 Å². The van der Waals surface area contributed by atoms with Gasteiger partial charge in [0, 0.05) is 12.7 Å². The first-order valence-corrected chi connectivity index (χ1v) is 6.89. The summed E-state index contributed by atoms with van der Waals surface area (Å²) in [5, 5.41) is 0. The molecule has 1 aromatic carbocycles. The van der Waals surface area contributed by atoms with E-state index >= 15 is 0 Å². The Balaban J connectivity index is 2.03. The van der Waals surface area contributed by atoms with Gasteiger partial charge in [-0.2, -0.15) is 0 Å². The zero-order chi connectivity index (χ0) is 13.6. The van der Waals surface area contributed by atoms with Crippen LogP contribution in [0.25, 0.3) is 0 Å². The maximum atomic E-state index is 13.6. The third-order valence-electron chi connectivity index (χ3n) is 4.71. The lowest BCUT2D eigenvalue weighted by Crippen LogP contribution is -2.48. The fourth-order valence-electron chi connectivity index (χ4n) is 3.46. The van der Waals surface area contributed by atoms with Gasteiger partial charge in [-0.05, 0) is 56.2 Å². The first-order valence-electron chi connectivity index (χ1n) is 6.89. The second kappa shape index (κ2) is 4.30. The number of halogens is 1. The van der Waals surface area contributed by atoms with Crippen LogP contribution in [0.4, 0.5) is 10.1 Å². The number of nitrogens with zero attached hydrogens (tertiary/aromatic N) is 2. The number of anilines is 1. The van der Waals surface area contributed by atoms with E-state index in [1.54, 1.807) is 24.1 Å². The van der Waals surface area contributed by atoms with Crippen molar-refractivity contribution in [3.05, 3.63) is 29.6 Å². The molecule has 1 saturated heterocycles. The highest BCUT2D eigenvalue weighted by atomic mass is 19.1. The number of carbonyl (C=O) groups is 1. The van der Waals surface area contributed by atoms with Gasteiger partial charge in [0.25, 0.3) is 0 Å². The summed E-state index contributed by atoms with van der Waals surface area (Å²) in [5.41, 5.74) is 1.27. The number of hydrogen-bond acceptors (Lipinski definition) is 2. The molecule has 4 heteroatoms. The molecule has 2 heterocycles. The molecule has 0 saturated carbocycles. The van der Waals surface area contributed by atoms with E-state index in [1.165, 1.54) is 6.07 Å². The molecule has 0 aliphatic carbocycles. The number of carbonyl (C=O) groups excluding carboxylic acids is 1. The van der Waals surface area contributed by atoms with Gasteiger partial charge in [0.05, 0.1) is 5.41 Å². The van der Waals surface area contributed by atoms with Gasteiger partial charge in [0.1, 0.15) is 5.82 Å². The Morgan fingerprint density at radius 1 is 1.32 bits per heavy atom. The standard InChI is InChI=1S/C15H19FN2O/c1-3-18-8-6-15(7-9-18)12-10-11(16)4-5-13(12)17(2)14(15)19/h4-5,10H,3,6-9H2,1-2H3. The summed E-state index contributed by atoms with van der Waals surface area (Å²) < 4.78 is 13.6. The van der Waals surface area contributed by atoms with E-state index in [9.17, 15) is 9.18 Å². The van der Waals surface area contributed by atoms with E-state index in [0.717, 1.165) is 43.7 Å². The number of hydrogen-bond donors (Lipinski definition) is 0. The van der Waals surface area contributed by atoms with Crippen molar-refractivity contribution in [1.29, 1.82) is 0 Å². The summed E-state index contributed by atoms with van der Waals surface area (Å²) >= 11 is 0. The highest BCUT2D eigenvalue weighted by Crippen LogP contribution is 2.47. The minimum Gasteiger partial charge on any atom is -0.314 e. The fourth-order valence-corrected chi connectivity index (χ4v) is 3.46. The van der Waals surface area contributed by atoms with E-state index in [-0.39, 0.29) is 11.7 Å². The van der Waals surface area contributed by atoms with Crippen LogP contribution < -0.4 is 4.90 Å². The Morgan fingerprint density at radius 2 is 2.00 bits per heavy atom. The lowest BCUT2D eigenvalue weighted by Gasteiger charge is -2.37. The molecule has 3 rings (SSSR count). The topological polar surface area (TPSA) is 23.6 Å². The van der Waals surface area contributed by atoms with Crippen LogP contribution in [-0.4, -0.2) is 37.5 Å². The van der Waals surface area contributed by atoms with Gasteiger partial charge in [-0.15, -0.1) is 0 Å². The number of likely N-dealkylation sites (tertiary alicyclic amines) is 1. The van der Waals surface area contributed by atoms with Gasteiger partial charge in [0.15, 0.2) is 0 Å². The van der Waals surface area contributed by atoms with Crippen LogP contribution in [0.3, 0.4) is 0 Å². The predicted molar refractivity (Wildman–Crippen MR) is 72.8 cm³/mol. The van der Waals surface area contributed by atoms with Gasteiger partial charge >= 0.3 is 0 Å². The Morgan fingerprint density at radius 3 is 2.63 bits per heavy atom. The molecular formula is C15H19FN2O. The summed E-state index contributed by atoms with van der Waals surface area (Å²) in [6.45, 7) is 4.96. The third kappa shape index (κ3) is 1.70. The maximum absolute atomic E-state index is 13.6. The molecule has 1 aromatic rings. The van der Waals surface area contributed by atoms with Crippen LogP contribution >= 0.6 is 0 Å². The summed E-state index contributed by atoms with van der Waals surface area (Å²) in [5.74, 6) is -0.122. The molecule has 0 unspecified atom stereocenters. The van der Waals surface area contributed by atoms with E-state index < -0.39 is 5.41 Å². The lowest BCUT2D eigenvalue weighted by atomic mass is 9.73. The Hall–Kier alpha value is -1.42. The van der Waals surface area contributed by atoms with Crippen molar-refractivity contribution < 1.29 is 9.18 Å². The molecule has 0 atom stereocenters. The predicted octanol–water partition coefficient (Wildman–Crippen LogP) is 2.16. The molecule has 2 aliphatic rings. The van der Waals surface area contributed by atoms with Crippen LogP contribution in [0.1, 0.15) is 25.3 Å². The molecule has 0 bridgehead atoms. The monoisotopic (exact) mass is 262 g/mol. The molecule has 19 heavy (non-hydrogen) atoms. The highest BCUT2D eigenvalue weighted by molar-refractivity contribution is 6.07. The number of piperidine rings is 1. The first kappa shape index (κ1) is 12.6. The van der Waals surface area contributed by atoms with Crippen LogP contribution in [0.15, 0.2) is 18.2 Å². The summed E-state index contributed by atoms with van der Waals surface area (Å²) in [6, 6.07) is 4.71. The smallest absolute Gasteiger partial charge is 0.237 e. The number of rotatable bonds is 1. The van der Waals surface area contributed by atoms with Gasteiger partial charge < -0.3 is 9.80 Å². The average molecular weight is 262 g/mol. The van der Waals surface area contributed by atoms with Gasteiger partial charge in [-0.1, -0.05) is 6.92 Å². The summed E-state index contributed by atoms with van der Waals surface area (Å²) in [6.07, 6.45) is 1.58. The van der Waals surface area contributed by atoms with E-state index in [1.807, 2.05) is 0 Å². The Bertz CT molecular complexity index is 521. The molecule has 0 radical (unpaired) electrons.